The first-order valence-electron chi connectivity index (χ1n) is 6.99. The van der Waals surface area contributed by atoms with E-state index in [2.05, 4.69) is 5.32 Å². The number of hydrogen-bond donors (Lipinski definition) is 3. The Balaban J connectivity index is 1.81. The molecule has 0 aromatic heterocycles. The molecule has 0 heterocycles. The molecule has 2 aromatic carbocycles. The van der Waals surface area contributed by atoms with Crippen molar-refractivity contribution in [2.75, 3.05) is 6.61 Å². The van der Waals surface area contributed by atoms with Gasteiger partial charge in [-0.15, -0.1) is 0 Å². The molecule has 3 rings (SSSR count). The van der Waals surface area contributed by atoms with Crippen LogP contribution >= 0.6 is 0 Å². The van der Waals surface area contributed by atoms with E-state index in [-0.39, 0.29) is 35.8 Å². The van der Waals surface area contributed by atoms with Crippen LogP contribution in [0.5, 0.6) is 5.75 Å². The Morgan fingerprint density at radius 2 is 1.90 bits per heavy atom. The Hall–Kier alpha value is -2.33. The third-order valence-electron chi connectivity index (χ3n) is 3.83. The Morgan fingerprint density at radius 3 is 2.57 bits per heavy atom. The maximum Gasteiger partial charge on any atom is 0.255 e. The number of benzene rings is 2. The number of aliphatic hydroxyl groups is 1. The second kappa shape index (κ2) is 5.58. The van der Waals surface area contributed by atoms with E-state index in [9.17, 15) is 9.90 Å². The van der Waals surface area contributed by atoms with Crippen molar-refractivity contribution < 1.29 is 15.0 Å². The third kappa shape index (κ3) is 2.76. The van der Waals surface area contributed by atoms with Crippen LogP contribution in [0, 0.1) is 5.92 Å². The second-order valence-electron chi connectivity index (χ2n) is 5.36. The van der Waals surface area contributed by atoms with Gasteiger partial charge in [0.05, 0.1) is 5.56 Å². The van der Waals surface area contributed by atoms with Crippen LogP contribution in [0.1, 0.15) is 16.8 Å². The minimum Gasteiger partial charge on any atom is -0.507 e. The van der Waals surface area contributed by atoms with Crippen molar-refractivity contribution in [3.8, 4) is 5.75 Å². The summed E-state index contributed by atoms with van der Waals surface area (Å²) in [7, 11) is 0. The van der Waals surface area contributed by atoms with Gasteiger partial charge in [-0.05, 0) is 29.3 Å². The molecule has 1 amide bonds. The van der Waals surface area contributed by atoms with Crippen molar-refractivity contribution in [2.24, 2.45) is 5.92 Å². The zero-order valence-corrected chi connectivity index (χ0v) is 11.5. The van der Waals surface area contributed by atoms with Crippen molar-refractivity contribution in [2.45, 2.75) is 12.5 Å². The van der Waals surface area contributed by atoms with Gasteiger partial charge in [-0.1, -0.05) is 36.4 Å². The van der Waals surface area contributed by atoms with Crippen molar-refractivity contribution in [3.63, 3.8) is 0 Å². The molecule has 0 aliphatic heterocycles. The van der Waals surface area contributed by atoms with E-state index in [4.69, 9.17) is 5.11 Å². The van der Waals surface area contributed by atoms with Crippen LogP contribution in [0.15, 0.2) is 48.6 Å². The molecule has 0 saturated carbocycles. The SMILES string of the molecule is O=C(N[C@@H]1C=C[C@H](CO)C1)c1cc2ccccc2cc1O. The van der Waals surface area contributed by atoms with Gasteiger partial charge in [0, 0.05) is 18.6 Å². The molecule has 1 aliphatic rings. The lowest BCUT2D eigenvalue weighted by Crippen LogP contribution is -2.32. The van der Waals surface area contributed by atoms with Gasteiger partial charge in [-0.2, -0.15) is 0 Å². The Kier molecular flexibility index (Phi) is 3.62. The van der Waals surface area contributed by atoms with E-state index in [1.807, 2.05) is 36.4 Å². The lowest BCUT2D eigenvalue weighted by atomic mass is 10.0. The molecule has 2 atom stereocenters. The van der Waals surface area contributed by atoms with Crippen LogP contribution in [0.3, 0.4) is 0 Å². The molecule has 4 nitrogen and oxygen atoms in total. The highest BCUT2D eigenvalue weighted by molar-refractivity contribution is 6.01. The number of rotatable bonds is 3. The minimum atomic E-state index is -0.300. The maximum absolute atomic E-state index is 12.3. The monoisotopic (exact) mass is 283 g/mol. The van der Waals surface area contributed by atoms with Crippen molar-refractivity contribution in [1.29, 1.82) is 0 Å². The maximum atomic E-state index is 12.3. The summed E-state index contributed by atoms with van der Waals surface area (Å²) < 4.78 is 0. The molecule has 3 N–H and O–H groups in total. The number of phenolic OH excluding ortho intramolecular Hbond substituents is 1. The number of carbonyl (C=O) groups is 1. The van der Waals surface area contributed by atoms with Crippen molar-refractivity contribution in [3.05, 3.63) is 54.1 Å². The predicted octanol–water partition coefficient (Wildman–Crippen LogP) is 2.21. The normalized spacial score (nSPS) is 20.8. The number of nitrogens with one attached hydrogen (secondary N) is 1. The van der Waals surface area contributed by atoms with Crippen LogP contribution in [0.4, 0.5) is 0 Å². The molecule has 4 heteroatoms. The highest BCUT2D eigenvalue weighted by Crippen LogP contribution is 2.25. The van der Waals surface area contributed by atoms with E-state index in [0.717, 1.165) is 10.8 Å². The third-order valence-corrected chi connectivity index (χ3v) is 3.83. The molecular weight excluding hydrogens is 266 g/mol. The van der Waals surface area contributed by atoms with E-state index in [0.29, 0.717) is 6.42 Å². The molecular formula is C17H17NO3. The first-order chi connectivity index (χ1) is 10.2. The first-order valence-corrected chi connectivity index (χ1v) is 6.99. The van der Waals surface area contributed by atoms with Gasteiger partial charge in [-0.3, -0.25) is 4.79 Å². The van der Waals surface area contributed by atoms with Gasteiger partial charge in [0.25, 0.3) is 5.91 Å². The fourth-order valence-corrected chi connectivity index (χ4v) is 2.67. The highest BCUT2D eigenvalue weighted by atomic mass is 16.3. The summed E-state index contributed by atoms with van der Waals surface area (Å²) >= 11 is 0. The zero-order chi connectivity index (χ0) is 14.8. The molecule has 0 fully saturated rings. The molecule has 0 unspecified atom stereocenters. The standard InChI is InChI=1S/C17H17NO3/c19-10-11-5-6-14(7-11)18-17(21)15-8-12-3-1-2-4-13(12)9-16(15)20/h1-6,8-9,11,14,19-20H,7,10H2,(H,18,21)/t11-,14+/m0/s1. The minimum absolute atomic E-state index is 0.0214. The summed E-state index contributed by atoms with van der Waals surface area (Å²) in [6.07, 6.45) is 4.48. The second-order valence-corrected chi connectivity index (χ2v) is 5.36. The lowest BCUT2D eigenvalue weighted by molar-refractivity contribution is 0.0938. The number of carbonyl (C=O) groups excluding carboxylic acids is 1. The van der Waals surface area contributed by atoms with Gasteiger partial charge < -0.3 is 15.5 Å². The smallest absolute Gasteiger partial charge is 0.255 e. The van der Waals surface area contributed by atoms with Crippen LogP contribution in [0.25, 0.3) is 10.8 Å². The number of aromatic hydroxyl groups is 1. The van der Waals surface area contributed by atoms with Crippen LogP contribution in [-0.4, -0.2) is 28.8 Å². The van der Waals surface area contributed by atoms with Crippen LogP contribution in [0.2, 0.25) is 0 Å². The summed E-state index contributed by atoms with van der Waals surface area (Å²) in [5, 5.41) is 23.8. The van der Waals surface area contributed by atoms with E-state index in [1.54, 1.807) is 12.1 Å². The van der Waals surface area contributed by atoms with Gasteiger partial charge in [0.15, 0.2) is 0 Å². The van der Waals surface area contributed by atoms with Gasteiger partial charge in [0.2, 0.25) is 0 Å². The fourth-order valence-electron chi connectivity index (χ4n) is 2.67. The van der Waals surface area contributed by atoms with E-state index >= 15 is 0 Å². The number of phenols is 1. The summed E-state index contributed by atoms with van der Waals surface area (Å²) in [6, 6.07) is 10.8. The van der Waals surface area contributed by atoms with Gasteiger partial charge >= 0.3 is 0 Å². The molecule has 1 aliphatic carbocycles. The van der Waals surface area contributed by atoms with Crippen LogP contribution in [-0.2, 0) is 0 Å². The number of hydrogen-bond acceptors (Lipinski definition) is 3. The largest absolute Gasteiger partial charge is 0.507 e. The molecule has 108 valence electrons. The van der Waals surface area contributed by atoms with Gasteiger partial charge in [-0.25, -0.2) is 0 Å². The molecule has 21 heavy (non-hydrogen) atoms. The molecule has 0 bridgehead atoms. The number of aliphatic hydroxyl groups excluding tert-OH is 1. The average molecular weight is 283 g/mol. The lowest BCUT2D eigenvalue weighted by Gasteiger charge is -2.14. The Labute approximate surface area is 122 Å². The summed E-state index contributed by atoms with van der Waals surface area (Å²) in [4.78, 5) is 12.3. The number of fused-ring (bicyclic) bond motifs is 1. The highest BCUT2D eigenvalue weighted by Gasteiger charge is 2.21. The average Bonchev–Trinajstić information content (AvgIpc) is 2.94. The van der Waals surface area contributed by atoms with Gasteiger partial charge in [0.1, 0.15) is 5.75 Å². The molecule has 0 saturated heterocycles. The fraction of sp³-hybridized carbons (Fsp3) is 0.235. The number of amides is 1. The van der Waals surface area contributed by atoms with E-state index in [1.165, 1.54) is 0 Å². The Bertz CT molecular complexity index is 708. The summed E-state index contributed by atoms with van der Waals surface area (Å²) in [6.45, 7) is 0.0874. The Morgan fingerprint density at radius 1 is 1.19 bits per heavy atom. The molecule has 0 radical (unpaired) electrons. The molecule has 2 aromatic rings. The quantitative estimate of drug-likeness (QED) is 0.756. The predicted molar refractivity (Wildman–Crippen MR) is 81.2 cm³/mol. The van der Waals surface area contributed by atoms with Crippen molar-refractivity contribution in [1.82, 2.24) is 5.32 Å². The first kappa shape index (κ1) is 13.6. The van der Waals surface area contributed by atoms with Crippen LogP contribution < -0.4 is 5.32 Å². The van der Waals surface area contributed by atoms with E-state index < -0.39 is 0 Å². The zero-order valence-electron chi connectivity index (χ0n) is 11.5. The molecule has 0 spiro atoms. The summed E-state index contributed by atoms with van der Waals surface area (Å²) in [5.41, 5.74) is 0.273. The topological polar surface area (TPSA) is 69.6 Å². The summed E-state index contributed by atoms with van der Waals surface area (Å²) in [5.74, 6) is -0.223. The van der Waals surface area contributed by atoms with Crippen molar-refractivity contribution >= 4 is 16.7 Å².